The van der Waals surface area contributed by atoms with Gasteiger partial charge < -0.3 is 5.11 Å². The zero-order valence-corrected chi connectivity index (χ0v) is 15.3. The van der Waals surface area contributed by atoms with Gasteiger partial charge in [0.25, 0.3) is 0 Å². The number of sulfonamides is 1. The fourth-order valence-corrected chi connectivity index (χ4v) is 4.61. The maximum Gasteiger partial charge on any atom is 0.335 e. The van der Waals surface area contributed by atoms with Gasteiger partial charge in [0, 0.05) is 17.6 Å². The Kier molecular flexibility index (Phi) is 6.71. The molecule has 5 nitrogen and oxygen atoms in total. The Hall–Kier alpha value is -0.570. The number of halogens is 1. The molecular weight excluding hydrogens is 378 g/mol. The van der Waals surface area contributed by atoms with Crippen LogP contribution in [0.5, 0.6) is 0 Å². The first-order valence-corrected chi connectivity index (χ1v) is 9.84. The van der Waals surface area contributed by atoms with Crippen LogP contribution in [0.15, 0.2) is 27.6 Å². The Morgan fingerprint density at radius 1 is 1.48 bits per heavy atom. The minimum Gasteiger partial charge on any atom is -0.478 e. The Morgan fingerprint density at radius 3 is 2.62 bits per heavy atom. The molecule has 0 fully saturated rings. The Morgan fingerprint density at radius 2 is 2.10 bits per heavy atom. The number of hydrogen-bond donors (Lipinski definition) is 1. The highest BCUT2D eigenvalue weighted by atomic mass is 79.9. The molecule has 0 saturated carbocycles. The first-order chi connectivity index (χ1) is 9.71. The maximum atomic E-state index is 12.6. The normalized spacial score (nSPS) is 13.4. The molecule has 0 bridgehead atoms. The predicted octanol–water partition coefficient (Wildman–Crippen LogP) is 2.91. The Bertz CT molecular complexity index is 619. The molecule has 0 spiro atoms. The van der Waals surface area contributed by atoms with E-state index in [4.69, 9.17) is 5.11 Å². The van der Waals surface area contributed by atoms with Gasteiger partial charge in [-0.25, -0.2) is 13.2 Å². The molecule has 0 radical (unpaired) electrons. The molecule has 1 aromatic rings. The first-order valence-electron chi connectivity index (χ1n) is 6.21. The van der Waals surface area contributed by atoms with Gasteiger partial charge in [-0.05, 0) is 59.5 Å². The summed E-state index contributed by atoms with van der Waals surface area (Å²) in [5.74, 6) is -0.297. The van der Waals surface area contributed by atoms with Gasteiger partial charge in [0.2, 0.25) is 10.0 Å². The third kappa shape index (κ3) is 4.45. The van der Waals surface area contributed by atoms with E-state index in [1.807, 2.05) is 13.2 Å². The standard InChI is InChI=1S/C13H18BrNO4S2/c1-9(6-7-20-3)15(2)21(18,19)12-8-10(13(16)17)4-5-11(12)14/h4-5,8-9H,6-7H2,1-3H3,(H,16,17). The average molecular weight is 396 g/mol. The van der Waals surface area contributed by atoms with Crippen molar-refractivity contribution in [2.45, 2.75) is 24.3 Å². The van der Waals surface area contributed by atoms with Gasteiger partial charge in [-0.15, -0.1) is 0 Å². The number of rotatable bonds is 7. The average Bonchev–Trinajstić information content (AvgIpc) is 2.43. The van der Waals surface area contributed by atoms with Gasteiger partial charge in [-0.3, -0.25) is 0 Å². The van der Waals surface area contributed by atoms with E-state index < -0.39 is 16.0 Å². The molecule has 0 heterocycles. The molecule has 0 aliphatic rings. The summed E-state index contributed by atoms with van der Waals surface area (Å²) in [6, 6.07) is 3.82. The van der Waals surface area contributed by atoms with Crippen LogP contribution < -0.4 is 0 Å². The molecule has 118 valence electrons. The third-order valence-corrected chi connectivity index (χ3v) is 6.81. The SMILES string of the molecule is CSCCC(C)N(C)S(=O)(=O)c1cc(C(=O)O)ccc1Br. The van der Waals surface area contributed by atoms with Crippen LogP contribution in [0.2, 0.25) is 0 Å². The number of carbonyl (C=O) groups is 1. The Labute approximate surface area is 137 Å². The number of hydrogen-bond acceptors (Lipinski definition) is 4. The zero-order chi connectivity index (χ0) is 16.2. The summed E-state index contributed by atoms with van der Waals surface area (Å²) in [5.41, 5.74) is -0.0538. The van der Waals surface area contributed by atoms with E-state index in [1.165, 1.54) is 29.6 Å². The van der Waals surface area contributed by atoms with Crippen LogP contribution in [0.25, 0.3) is 0 Å². The lowest BCUT2D eigenvalue weighted by Crippen LogP contribution is -2.35. The largest absolute Gasteiger partial charge is 0.478 e. The van der Waals surface area contributed by atoms with E-state index in [2.05, 4.69) is 15.9 Å². The van der Waals surface area contributed by atoms with Crippen LogP contribution in [0.3, 0.4) is 0 Å². The van der Waals surface area contributed by atoms with Crippen molar-refractivity contribution in [3.63, 3.8) is 0 Å². The van der Waals surface area contributed by atoms with Crippen molar-refractivity contribution in [2.75, 3.05) is 19.1 Å². The quantitative estimate of drug-likeness (QED) is 0.767. The summed E-state index contributed by atoms with van der Waals surface area (Å²) in [7, 11) is -2.23. The summed E-state index contributed by atoms with van der Waals surface area (Å²) >= 11 is 4.84. The molecule has 0 amide bonds. The number of carboxylic acids is 1. The topological polar surface area (TPSA) is 74.7 Å². The monoisotopic (exact) mass is 395 g/mol. The number of nitrogens with zero attached hydrogens (tertiary/aromatic N) is 1. The summed E-state index contributed by atoms with van der Waals surface area (Å²) in [6.45, 7) is 1.84. The smallest absolute Gasteiger partial charge is 0.335 e. The highest BCUT2D eigenvalue weighted by molar-refractivity contribution is 9.10. The van der Waals surface area contributed by atoms with E-state index in [-0.39, 0.29) is 16.5 Å². The van der Waals surface area contributed by atoms with Crippen molar-refractivity contribution >= 4 is 43.7 Å². The van der Waals surface area contributed by atoms with Gasteiger partial charge in [-0.1, -0.05) is 0 Å². The van der Waals surface area contributed by atoms with Gasteiger partial charge in [0.1, 0.15) is 0 Å². The number of aromatic carboxylic acids is 1. The van der Waals surface area contributed by atoms with Crippen LogP contribution in [-0.2, 0) is 10.0 Å². The molecule has 1 unspecified atom stereocenters. The van der Waals surface area contributed by atoms with Crippen LogP contribution in [-0.4, -0.2) is 48.9 Å². The predicted molar refractivity (Wildman–Crippen MR) is 88.5 cm³/mol. The van der Waals surface area contributed by atoms with Crippen LogP contribution in [0.4, 0.5) is 0 Å². The summed E-state index contributed by atoms with van der Waals surface area (Å²) < 4.78 is 26.9. The highest BCUT2D eigenvalue weighted by Gasteiger charge is 2.27. The van der Waals surface area contributed by atoms with E-state index >= 15 is 0 Å². The molecule has 1 N–H and O–H groups in total. The van der Waals surface area contributed by atoms with Gasteiger partial charge in [-0.2, -0.15) is 16.1 Å². The minimum absolute atomic E-state index is 0.0269. The second kappa shape index (κ2) is 7.62. The first kappa shape index (κ1) is 18.5. The van der Waals surface area contributed by atoms with Gasteiger partial charge in [0.15, 0.2) is 0 Å². The summed E-state index contributed by atoms with van der Waals surface area (Å²) in [5, 5.41) is 9.00. The van der Waals surface area contributed by atoms with Crippen molar-refractivity contribution in [2.24, 2.45) is 0 Å². The van der Waals surface area contributed by atoms with E-state index in [1.54, 1.807) is 11.8 Å². The maximum absolute atomic E-state index is 12.6. The number of thioether (sulfide) groups is 1. The number of carboxylic acid groups (broad SMARTS) is 1. The van der Waals surface area contributed by atoms with E-state index in [0.29, 0.717) is 4.47 Å². The lowest BCUT2D eigenvalue weighted by atomic mass is 10.2. The molecule has 0 saturated heterocycles. The molecule has 1 atom stereocenters. The van der Waals surface area contributed by atoms with Crippen molar-refractivity contribution in [1.82, 2.24) is 4.31 Å². The third-order valence-electron chi connectivity index (χ3n) is 3.20. The van der Waals surface area contributed by atoms with Crippen LogP contribution >= 0.6 is 27.7 Å². The molecule has 21 heavy (non-hydrogen) atoms. The molecule has 1 aromatic carbocycles. The molecule has 0 aromatic heterocycles. The molecular formula is C13H18BrNO4S2. The Balaban J connectivity index is 3.18. The van der Waals surface area contributed by atoms with E-state index in [9.17, 15) is 13.2 Å². The fourth-order valence-electron chi connectivity index (χ4n) is 1.70. The lowest BCUT2D eigenvalue weighted by Gasteiger charge is -2.24. The van der Waals surface area contributed by atoms with Gasteiger partial charge >= 0.3 is 5.97 Å². The molecule has 0 aliphatic heterocycles. The van der Waals surface area contributed by atoms with Gasteiger partial charge in [0.05, 0.1) is 10.5 Å². The summed E-state index contributed by atoms with van der Waals surface area (Å²) in [4.78, 5) is 11.0. The van der Waals surface area contributed by atoms with Crippen LogP contribution in [0.1, 0.15) is 23.7 Å². The molecule has 8 heteroatoms. The van der Waals surface area contributed by atoms with Crippen molar-refractivity contribution in [3.8, 4) is 0 Å². The highest BCUT2D eigenvalue weighted by Crippen LogP contribution is 2.27. The second-order valence-electron chi connectivity index (χ2n) is 4.60. The molecule has 1 rings (SSSR count). The molecule has 0 aliphatic carbocycles. The lowest BCUT2D eigenvalue weighted by molar-refractivity contribution is 0.0696. The zero-order valence-electron chi connectivity index (χ0n) is 12.0. The van der Waals surface area contributed by atoms with Crippen molar-refractivity contribution < 1.29 is 18.3 Å². The summed E-state index contributed by atoms with van der Waals surface area (Å²) in [6.07, 6.45) is 2.70. The van der Waals surface area contributed by atoms with E-state index in [0.717, 1.165) is 12.2 Å². The fraction of sp³-hybridized carbons (Fsp3) is 0.462. The van der Waals surface area contributed by atoms with Crippen molar-refractivity contribution in [1.29, 1.82) is 0 Å². The number of benzene rings is 1. The van der Waals surface area contributed by atoms with Crippen LogP contribution in [0, 0.1) is 0 Å². The second-order valence-corrected chi connectivity index (χ2v) is 8.41. The van der Waals surface area contributed by atoms with Crippen molar-refractivity contribution in [3.05, 3.63) is 28.2 Å². The minimum atomic E-state index is -3.74.